The van der Waals surface area contributed by atoms with Crippen molar-refractivity contribution in [3.63, 3.8) is 0 Å². The summed E-state index contributed by atoms with van der Waals surface area (Å²) < 4.78 is 16.7. The molecule has 156 valence electrons. The number of oxazole rings is 1. The summed E-state index contributed by atoms with van der Waals surface area (Å²) in [6, 6.07) is 5.86. The highest BCUT2D eigenvalue weighted by Gasteiger charge is 2.19. The van der Waals surface area contributed by atoms with E-state index in [4.69, 9.17) is 13.9 Å². The van der Waals surface area contributed by atoms with Gasteiger partial charge in [-0.15, -0.1) is 24.0 Å². The van der Waals surface area contributed by atoms with Gasteiger partial charge in [0.15, 0.2) is 17.5 Å². The summed E-state index contributed by atoms with van der Waals surface area (Å²) in [4.78, 5) is 8.55. The number of guanidine groups is 1. The van der Waals surface area contributed by atoms with Gasteiger partial charge in [0, 0.05) is 19.0 Å². The molecule has 0 saturated heterocycles. The lowest BCUT2D eigenvalue weighted by Gasteiger charge is -2.14. The third-order valence-corrected chi connectivity index (χ3v) is 3.91. The van der Waals surface area contributed by atoms with Gasteiger partial charge < -0.3 is 24.5 Å². The lowest BCUT2D eigenvalue weighted by atomic mass is 9.94. The Morgan fingerprint density at radius 3 is 2.46 bits per heavy atom. The van der Waals surface area contributed by atoms with Crippen LogP contribution in [0.3, 0.4) is 0 Å². The lowest BCUT2D eigenvalue weighted by molar-refractivity contribution is 0.310. The molecule has 0 saturated carbocycles. The number of aliphatic imine (C=N–C) groups is 1. The van der Waals surface area contributed by atoms with Crippen molar-refractivity contribution in [1.82, 2.24) is 15.6 Å². The first kappa shape index (κ1) is 24.1. The molecule has 0 aliphatic rings. The van der Waals surface area contributed by atoms with E-state index in [1.165, 1.54) is 0 Å². The molecule has 2 rings (SSSR count). The van der Waals surface area contributed by atoms with Crippen LogP contribution in [0.2, 0.25) is 0 Å². The number of rotatable bonds is 7. The third kappa shape index (κ3) is 6.88. The Kier molecular flexibility index (Phi) is 9.57. The number of hydrogen-bond donors (Lipinski definition) is 2. The van der Waals surface area contributed by atoms with E-state index in [1.54, 1.807) is 20.4 Å². The van der Waals surface area contributed by atoms with Crippen molar-refractivity contribution in [3.05, 3.63) is 41.6 Å². The smallest absolute Gasteiger partial charge is 0.213 e. The molecule has 0 radical (unpaired) electrons. The number of methoxy groups -OCH3 is 1. The minimum absolute atomic E-state index is 0. The molecule has 8 heteroatoms. The number of aromatic nitrogens is 1. The van der Waals surface area contributed by atoms with E-state index in [-0.39, 0.29) is 29.4 Å². The molecule has 28 heavy (non-hydrogen) atoms. The molecule has 0 bridgehead atoms. The Labute approximate surface area is 184 Å². The first-order valence-electron chi connectivity index (χ1n) is 9.06. The van der Waals surface area contributed by atoms with Crippen LogP contribution in [0, 0.1) is 0 Å². The van der Waals surface area contributed by atoms with Crippen LogP contribution < -0.4 is 20.1 Å². The van der Waals surface area contributed by atoms with Gasteiger partial charge in [-0.2, -0.15) is 0 Å². The number of nitrogens with zero attached hydrogens (tertiary/aromatic N) is 2. The summed E-state index contributed by atoms with van der Waals surface area (Å²) in [5.41, 5.74) is 1.01. The van der Waals surface area contributed by atoms with Gasteiger partial charge in [0.05, 0.1) is 26.5 Å². The Morgan fingerprint density at radius 1 is 1.18 bits per heavy atom. The van der Waals surface area contributed by atoms with Gasteiger partial charge in [-0.25, -0.2) is 4.98 Å². The molecule has 2 N–H and O–H groups in total. The number of hydrogen-bond acceptors (Lipinski definition) is 5. The van der Waals surface area contributed by atoms with Crippen molar-refractivity contribution in [2.24, 2.45) is 4.99 Å². The second-order valence-corrected chi connectivity index (χ2v) is 7.07. The lowest BCUT2D eigenvalue weighted by Crippen LogP contribution is -2.36. The van der Waals surface area contributed by atoms with E-state index in [0.29, 0.717) is 31.5 Å². The standard InChI is InChI=1S/C20H30N4O3.HI/c1-7-26-16-10-14(8-9-15(16)25-6)11-23-19(21-5)24-13-18-22-12-17(27-18)20(2,3)4;/h8-10,12H,7,11,13H2,1-6H3,(H2,21,23,24);1H. The second-order valence-electron chi connectivity index (χ2n) is 7.07. The molecule has 7 nitrogen and oxygen atoms in total. The van der Waals surface area contributed by atoms with Crippen molar-refractivity contribution >= 4 is 29.9 Å². The molecular weight excluding hydrogens is 471 g/mol. The van der Waals surface area contributed by atoms with Gasteiger partial charge in [0.25, 0.3) is 0 Å². The van der Waals surface area contributed by atoms with Crippen molar-refractivity contribution in [3.8, 4) is 11.5 Å². The van der Waals surface area contributed by atoms with E-state index in [0.717, 1.165) is 22.8 Å². The average molecular weight is 502 g/mol. The molecule has 0 spiro atoms. The van der Waals surface area contributed by atoms with Crippen LogP contribution in [0.4, 0.5) is 0 Å². The fourth-order valence-electron chi connectivity index (χ4n) is 2.40. The first-order chi connectivity index (χ1) is 12.9. The molecule has 0 atom stereocenters. The number of benzene rings is 1. The highest BCUT2D eigenvalue weighted by atomic mass is 127. The summed E-state index contributed by atoms with van der Waals surface area (Å²) in [6.07, 6.45) is 1.78. The van der Waals surface area contributed by atoms with Crippen molar-refractivity contribution in [2.45, 2.75) is 46.2 Å². The maximum absolute atomic E-state index is 5.79. The summed E-state index contributed by atoms with van der Waals surface area (Å²) in [7, 11) is 3.36. The van der Waals surface area contributed by atoms with Crippen LogP contribution in [0.5, 0.6) is 11.5 Å². The molecule has 0 fully saturated rings. The number of halogens is 1. The molecular formula is C20H31IN4O3. The van der Waals surface area contributed by atoms with Gasteiger partial charge in [-0.3, -0.25) is 4.99 Å². The molecule has 1 heterocycles. The molecule has 0 unspecified atom stereocenters. The molecule has 2 aromatic rings. The zero-order valence-corrected chi connectivity index (χ0v) is 19.8. The number of ether oxygens (including phenoxy) is 2. The van der Waals surface area contributed by atoms with Crippen LogP contribution >= 0.6 is 24.0 Å². The zero-order valence-electron chi connectivity index (χ0n) is 17.5. The summed E-state index contributed by atoms with van der Waals surface area (Å²) in [5, 5.41) is 6.48. The first-order valence-corrected chi connectivity index (χ1v) is 9.06. The van der Waals surface area contributed by atoms with Crippen molar-refractivity contribution < 1.29 is 13.9 Å². The predicted molar refractivity (Wildman–Crippen MR) is 122 cm³/mol. The molecule has 1 aromatic heterocycles. The molecule has 0 aliphatic heterocycles. The van der Waals surface area contributed by atoms with Gasteiger partial charge in [-0.05, 0) is 24.6 Å². The highest BCUT2D eigenvalue weighted by Crippen LogP contribution is 2.28. The van der Waals surface area contributed by atoms with Crippen LogP contribution in [0.15, 0.2) is 33.8 Å². The molecule has 1 aromatic carbocycles. The van der Waals surface area contributed by atoms with Gasteiger partial charge >= 0.3 is 0 Å². The fraction of sp³-hybridized carbons (Fsp3) is 0.500. The maximum atomic E-state index is 5.79. The summed E-state index contributed by atoms with van der Waals surface area (Å²) >= 11 is 0. The fourth-order valence-corrected chi connectivity index (χ4v) is 2.40. The van der Waals surface area contributed by atoms with Crippen molar-refractivity contribution in [1.29, 1.82) is 0 Å². The van der Waals surface area contributed by atoms with Crippen LogP contribution in [0.1, 0.15) is 44.9 Å². The van der Waals surface area contributed by atoms with Gasteiger partial charge in [0.1, 0.15) is 5.76 Å². The summed E-state index contributed by atoms with van der Waals surface area (Å²) in [6.45, 7) is 9.88. The van der Waals surface area contributed by atoms with Crippen LogP contribution in [-0.4, -0.2) is 31.7 Å². The topological polar surface area (TPSA) is 80.9 Å². The summed E-state index contributed by atoms with van der Waals surface area (Å²) in [5.74, 6) is 3.62. The van der Waals surface area contributed by atoms with E-state index in [2.05, 4.69) is 41.4 Å². The SMILES string of the molecule is CCOc1cc(CNC(=NC)NCc2ncc(C(C)(C)C)o2)ccc1OC.I. The van der Waals surface area contributed by atoms with Crippen LogP contribution in [-0.2, 0) is 18.5 Å². The van der Waals surface area contributed by atoms with Crippen molar-refractivity contribution in [2.75, 3.05) is 20.8 Å². The maximum Gasteiger partial charge on any atom is 0.213 e. The van der Waals surface area contributed by atoms with Gasteiger partial charge in [-0.1, -0.05) is 26.8 Å². The average Bonchev–Trinajstić information content (AvgIpc) is 3.12. The monoisotopic (exact) mass is 502 g/mol. The Balaban J connectivity index is 0.00000392. The minimum Gasteiger partial charge on any atom is -0.493 e. The second kappa shape index (κ2) is 11.1. The van der Waals surface area contributed by atoms with Crippen LogP contribution in [0.25, 0.3) is 0 Å². The normalized spacial score (nSPS) is 11.6. The molecule has 0 amide bonds. The largest absolute Gasteiger partial charge is 0.493 e. The molecule has 0 aliphatic carbocycles. The van der Waals surface area contributed by atoms with E-state index in [9.17, 15) is 0 Å². The zero-order chi connectivity index (χ0) is 19.9. The highest BCUT2D eigenvalue weighted by molar-refractivity contribution is 14.0. The predicted octanol–water partition coefficient (Wildman–Crippen LogP) is 3.86. The third-order valence-electron chi connectivity index (χ3n) is 3.91. The minimum atomic E-state index is -0.0577. The van der Waals surface area contributed by atoms with Gasteiger partial charge in [0.2, 0.25) is 5.89 Å². The van der Waals surface area contributed by atoms with E-state index in [1.807, 2.05) is 25.1 Å². The Bertz CT molecular complexity index is 769. The number of nitrogens with one attached hydrogen (secondary N) is 2. The van der Waals surface area contributed by atoms with E-state index < -0.39 is 0 Å². The quantitative estimate of drug-likeness (QED) is 0.340. The van der Waals surface area contributed by atoms with E-state index >= 15 is 0 Å². The Hall–Kier alpha value is -1.97. The Morgan fingerprint density at radius 2 is 1.89 bits per heavy atom.